The zero-order valence-corrected chi connectivity index (χ0v) is 10.9. The molecule has 17 heavy (non-hydrogen) atoms. The van der Waals surface area contributed by atoms with Crippen molar-refractivity contribution in [3.05, 3.63) is 0 Å². The van der Waals surface area contributed by atoms with E-state index in [-0.39, 0.29) is 0 Å². The standard InChI is InChI=1S/C12H21NO4/c1-11(2,3)17-10(15)12(9(14)16-4)7-5-6-8(12)13/h8H,5-7,13H2,1-4H3. The van der Waals surface area contributed by atoms with Gasteiger partial charge in [-0.05, 0) is 33.6 Å². The predicted octanol–water partition coefficient (Wildman–Crippen LogP) is 0.999. The third-order valence-electron chi connectivity index (χ3n) is 3.03. The molecule has 2 atom stereocenters. The van der Waals surface area contributed by atoms with E-state index in [1.54, 1.807) is 20.8 Å². The highest BCUT2D eigenvalue weighted by Gasteiger charge is 2.56. The van der Waals surface area contributed by atoms with Crippen LogP contribution in [0.5, 0.6) is 0 Å². The van der Waals surface area contributed by atoms with E-state index in [0.717, 1.165) is 6.42 Å². The maximum Gasteiger partial charge on any atom is 0.325 e. The highest BCUT2D eigenvalue weighted by atomic mass is 16.6. The normalized spacial score (nSPS) is 28.9. The van der Waals surface area contributed by atoms with E-state index in [4.69, 9.17) is 15.2 Å². The molecule has 0 radical (unpaired) electrons. The fraction of sp³-hybridized carbons (Fsp3) is 0.833. The Morgan fingerprint density at radius 3 is 2.24 bits per heavy atom. The lowest BCUT2D eigenvalue weighted by Gasteiger charge is -2.31. The minimum atomic E-state index is -1.32. The van der Waals surface area contributed by atoms with Gasteiger partial charge in [0.25, 0.3) is 0 Å². The smallest absolute Gasteiger partial charge is 0.325 e. The second-order valence-corrected chi connectivity index (χ2v) is 5.46. The number of carbonyl (C=O) groups is 2. The molecule has 1 rings (SSSR count). The first-order valence-electron chi connectivity index (χ1n) is 5.81. The summed E-state index contributed by atoms with van der Waals surface area (Å²) in [6.45, 7) is 5.28. The first-order chi connectivity index (χ1) is 7.74. The summed E-state index contributed by atoms with van der Waals surface area (Å²) in [4.78, 5) is 24.1. The fourth-order valence-corrected chi connectivity index (χ4v) is 2.17. The zero-order valence-electron chi connectivity index (χ0n) is 10.9. The number of hydrogen-bond donors (Lipinski definition) is 1. The Morgan fingerprint density at radius 2 is 1.88 bits per heavy atom. The third-order valence-corrected chi connectivity index (χ3v) is 3.03. The molecule has 98 valence electrons. The molecule has 1 saturated carbocycles. The maximum absolute atomic E-state index is 12.2. The van der Waals surface area contributed by atoms with Crippen LogP contribution >= 0.6 is 0 Å². The summed E-state index contributed by atoms with van der Waals surface area (Å²) in [7, 11) is 1.26. The SMILES string of the molecule is COC(=O)C1(C(=O)OC(C)(C)C)CCCC1N. The van der Waals surface area contributed by atoms with Crippen LogP contribution in [0.1, 0.15) is 40.0 Å². The monoisotopic (exact) mass is 243 g/mol. The number of nitrogens with two attached hydrogens (primary N) is 1. The molecule has 1 aliphatic carbocycles. The second kappa shape index (κ2) is 4.64. The highest BCUT2D eigenvalue weighted by Crippen LogP contribution is 2.40. The van der Waals surface area contributed by atoms with E-state index < -0.39 is 29.0 Å². The molecule has 2 unspecified atom stereocenters. The lowest BCUT2D eigenvalue weighted by molar-refractivity contribution is -0.179. The summed E-state index contributed by atoms with van der Waals surface area (Å²) in [5.41, 5.74) is 3.95. The van der Waals surface area contributed by atoms with E-state index in [2.05, 4.69) is 0 Å². The largest absolute Gasteiger partial charge is 0.468 e. The van der Waals surface area contributed by atoms with Crippen molar-refractivity contribution in [1.82, 2.24) is 0 Å². The van der Waals surface area contributed by atoms with E-state index >= 15 is 0 Å². The van der Waals surface area contributed by atoms with Crippen molar-refractivity contribution in [1.29, 1.82) is 0 Å². The summed E-state index contributed by atoms with van der Waals surface area (Å²) in [6.07, 6.45) is 1.76. The van der Waals surface area contributed by atoms with Crippen molar-refractivity contribution in [3.63, 3.8) is 0 Å². The van der Waals surface area contributed by atoms with E-state index in [0.29, 0.717) is 12.8 Å². The van der Waals surface area contributed by atoms with Gasteiger partial charge in [-0.15, -0.1) is 0 Å². The van der Waals surface area contributed by atoms with Crippen LogP contribution < -0.4 is 5.73 Å². The number of ether oxygens (including phenoxy) is 2. The van der Waals surface area contributed by atoms with Gasteiger partial charge in [0, 0.05) is 6.04 Å². The molecular formula is C12H21NO4. The molecule has 5 heteroatoms. The average Bonchev–Trinajstić information content (AvgIpc) is 2.57. The quantitative estimate of drug-likeness (QED) is 0.578. The predicted molar refractivity (Wildman–Crippen MR) is 62.1 cm³/mol. The molecule has 0 heterocycles. The summed E-state index contributed by atoms with van der Waals surface area (Å²) >= 11 is 0. The lowest BCUT2D eigenvalue weighted by Crippen LogP contribution is -2.52. The van der Waals surface area contributed by atoms with Crippen molar-refractivity contribution in [2.24, 2.45) is 11.1 Å². The van der Waals surface area contributed by atoms with Gasteiger partial charge in [-0.25, -0.2) is 0 Å². The number of carbonyl (C=O) groups excluding carboxylic acids is 2. The molecule has 5 nitrogen and oxygen atoms in total. The van der Waals surface area contributed by atoms with Gasteiger partial charge in [-0.2, -0.15) is 0 Å². The fourth-order valence-electron chi connectivity index (χ4n) is 2.17. The minimum absolute atomic E-state index is 0.399. The van der Waals surface area contributed by atoms with Gasteiger partial charge < -0.3 is 15.2 Å². The van der Waals surface area contributed by atoms with Gasteiger partial charge in [-0.1, -0.05) is 6.42 Å². The molecule has 0 amide bonds. The van der Waals surface area contributed by atoms with Gasteiger partial charge in [0.15, 0.2) is 5.41 Å². The summed E-state index contributed by atoms with van der Waals surface area (Å²) in [6, 6.07) is -0.523. The number of hydrogen-bond acceptors (Lipinski definition) is 5. The van der Waals surface area contributed by atoms with Gasteiger partial charge in [0.1, 0.15) is 5.60 Å². The Labute approximate surface area is 102 Å². The van der Waals surface area contributed by atoms with Crippen LogP contribution in [0, 0.1) is 5.41 Å². The number of rotatable bonds is 2. The van der Waals surface area contributed by atoms with Crippen molar-refractivity contribution in [2.45, 2.75) is 51.7 Å². The molecule has 0 aliphatic heterocycles. The molecule has 0 saturated heterocycles. The van der Waals surface area contributed by atoms with Crippen LogP contribution in [-0.4, -0.2) is 30.7 Å². The molecule has 0 spiro atoms. The van der Waals surface area contributed by atoms with Gasteiger partial charge >= 0.3 is 11.9 Å². The van der Waals surface area contributed by atoms with Crippen molar-refractivity contribution >= 4 is 11.9 Å². The van der Waals surface area contributed by atoms with Crippen molar-refractivity contribution < 1.29 is 19.1 Å². The van der Waals surface area contributed by atoms with Crippen LogP contribution in [0.4, 0.5) is 0 Å². The maximum atomic E-state index is 12.2. The first-order valence-corrected chi connectivity index (χ1v) is 5.81. The molecule has 0 bridgehead atoms. The third kappa shape index (κ3) is 2.60. The molecule has 1 fully saturated rings. The van der Waals surface area contributed by atoms with E-state index in [9.17, 15) is 9.59 Å². The second-order valence-electron chi connectivity index (χ2n) is 5.46. The zero-order chi connectivity index (χ0) is 13.3. The van der Waals surface area contributed by atoms with Gasteiger partial charge in [0.2, 0.25) is 0 Å². The summed E-state index contributed by atoms with van der Waals surface area (Å²) < 4.78 is 10.0. The Balaban J connectivity index is 3.00. The molecule has 2 N–H and O–H groups in total. The Hall–Kier alpha value is -1.10. The summed E-state index contributed by atoms with van der Waals surface area (Å²) in [5.74, 6) is -1.15. The molecule has 0 aromatic rings. The Kier molecular flexibility index (Phi) is 3.81. The van der Waals surface area contributed by atoms with Crippen LogP contribution in [0.25, 0.3) is 0 Å². The van der Waals surface area contributed by atoms with Crippen molar-refractivity contribution in [2.75, 3.05) is 7.11 Å². The molecule has 0 aromatic heterocycles. The van der Waals surface area contributed by atoms with E-state index in [1.165, 1.54) is 7.11 Å². The molecular weight excluding hydrogens is 222 g/mol. The Bertz CT molecular complexity index is 321. The average molecular weight is 243 g/mol. The minimum Gasteiger partial charge on any atom is -0.468 e. The van der Waals surface area contributed by atoms with Crippen LogP contribution in [0.2, 0.25) is 0 Å². The summed E-state index contributed by atoms with van der Waals surface area (Å²) in [5, 5.41) is 0. The van der Waals surface area contributed by atoms with Crippen LogP contribution in [0.15, 0.2) is 0 Å². The van der Waals surface area contributed by atoms with E-state index in [1.807, 2.05) is 0 Å². The molecule has 1 aliphatic rings. The van der Waals surface area contributed by atoms with Crippen LogP contribution in [0.3, 0.4) is 0 Å². The lowest BCUT2D eigenvalue weighted by atomic mass is 9.82. The highest BCUT2D eigenvalue weighted by molar-refractivity contribution is 6.01. The molecule has 0 aromatic carbocycles. The number of methoxy groups -OCH3 is 1. The number of esters is 2. The van der Waals surface area contributed by atoms with Crippen molar-refractivity contribution in [3.8, 4) is 0 Å². The van der Waals surface area contributed by atoms with Crippen LogP contribution in [-0.2, 0) is 19.1 Å². The topological polar surface area (TPSA) is 78.6 Å². The Morgan fingerprint density at radius 1 is 1.29 bits per heavy atom. The van der Waals surface area contributed by atoms with Gasteiger partial charge in [-0.3, -0.25) is 9.59 Å². The van der Waals surface area contributed by atoms with Gasteiger partial charge in [0.05, 0.1) is 7.11 Å². The first kappa shape index (κ1) is 14.0.